The number of hydrogen-bond donors (Lipinski definition) is 1. The van der Waals surface area contributed by atoms with Crippen LogP contribution < -0.4 is 5.73 Å². The maximum atomic E-state index is 10.4. The lowest BCUT2D eigenvalue weighted by Crippen LogP contribution is -2.27. The van der Waals surface area contributed by atoms with Gasteiger partial charge < -0.3 is 5.73 Å². The summed E-state index contributed by atoms with van der Waals surface area (Å²) in [7, 11) is 0. The van der Waals surface area contributed by atoms with Crippen molar-refractivity contribution in [3.63, 3.8) is 0 Å². The number of nitrogens with zero attached hydrogens (tertiary/aromatic N) is 3. The zero-order valence-electron chi connectivity index (χ0n) is 4.74. The first-order valence-corrected chi connectivity index (χ1v) is 2.57. The standard InChI is InChI=1S/C4H6N4O/c5-3(9)4(1-2-4)7-8-6/h1-2H2,(H2,5,9). The lowest BCUT2D eigenvalue weighted by molar-refractivity contribution is -0.120. The predicted molar refractivity (Wildman–Crippen MR) is 30.3 cm³/mol. The van der Waals surface area contributed by atoms with Crippen LogP contribution in [0.2, 0.25) is 0 Å². The van der Waals surface area contributed by atoms with E-state index in [0.717, 1.165) is 0 Å². The summed E-state index contributed by atoms with van der Waals surface area (Å²) in [4.78, 5) is 12.9. The first kappa shape index (κ1) is 5.91. The third kappa shape index (κ3) is 0.816. The van der Waals surface area contributed by atoms with Crippen LogP contribution in [-0.2, 0) is 4.79 Å². The zero-order valence-corrected chi connectivity index (χ0v) is 4.74. The molecule has 5 heteroatoms. The minimum absolute atomic E-state index is 0.514. The Balaban J connectivity index is 2.74. The number of carbonyl (C=O) groups is 1. The first-order valence-electron chi connectivity index (χ1n) is 2.57. The minimum atomic E-state index is -0.852. The summed E-state index contributed by atoms with van der Waals surface area (Å²) >= 11 is 0. The second kappa shape index (κ2) is 1.63. The fraction of sp³-hybridized carbons (Fsp3) is 0.750. The van der Waals surface area contributed by atoms with E-state index in [0.29, 0.717) is 12.8 Å². The average Bonchev–Trinajstić information content (AvgIpc) is 2.49. The van der Waals surface area contributed by atoms with Gasteiger partial charge in [-0.05, 0) is 18.4 Å². The summed E-state index contributed by atoms with van der Waals surface area (Å²) in [5.74, 6) is -0.514. The van der Waals surface area contributed by atoms with E-state index in [1.54, 1.807) is 0 Å². The number of carbonyl (C=O) groups excluding carboxylic acids is 1. The van der Waals surface area contributed by atoms with Crippen LogP contribution in [-0.4, -0.2) is 11.4 Å². The molecule has 0 saturated heterocycles. The van der Waals surface area contributed by atoms with E-state index in [4.69, 9.17) is 11.3 Å². The van der Waals surface area contributed by atoms with E-state index in [9.17, 15) is 4.79 Å². The summed E-state index contributed by atoms with van der Waals surface area (Å²) in [6, 6.07) is 0. The minimum Gasteiger partial charge on any atom is -0.369 e. The quantitative estimate of drug-likeness (QED) is 0.322. The van der Waals surface area contributed by atoms with Crippen LogP contribution in [0.25, 0.3) is 10.4 Å². The second-order valence-corrected chi connectivity index (χ2v) is 2.09. The Labute approximate surface area is 51.5 Å². The second-order valence-electron chi connectivity index (χ2n) is 2.09. The number of hydrogen-bond acceptors (Lipinski definition) is 2. The van der Waals surface area contributed by atoms with E-state index in [1.807, 2.05) is 0 Å². The SMILES string of the molecule is [N-]=[N+]=NC1(C(N)=O)CC1. The van der Waals surface area contributed by atoms with Crippen molar-refractivity contribution in [2.75, 3.05) is 0 Å². The smallest absolute Gasteiger partial charge is 0.229 e. The van der Waals surface area contributed by atoms with E-state index in [1.165, 1.54) is 0 Å². The molecule has 0 aliphatic heterocycles. The summed E-state index contributed by atoms with van der Waals surface area (Å²) in [5, 5.41) is 3.27. The maximum Gasteiger partial charge on any atom is 0.229 e. The molecule has 0 heterocycles. The predicted octanol–water partition coefficient (Wildman–Crippen LogP) is 0.315. The van der Waals surface area contributed by atoms with Gasteiger partial charge in [-0.1, -0.05) is 5.11 Å². The van der Waals surface area contributed by atoms with Gasteiger partial charge in [-0.3, -0.25) is 4.79 Å². The monoisotopic (exact) mass is 126 g/mol. The molecule has 0 radical (unpaired) electrons. The molecule has 0 aromatic carbocycles. The van der Waals surface area contributed by atoms with Gasteiger partial charge in [0.25, 0.3) is 0 Å². The molecule has 0 unspecified atom stereocenters. The van der Waals surface area contributed by atoms with Gasteiger partial charge >= 0.3 is 0 Å². The Bertz CT molecular complexity index is 185. The van der Waals surface area contributed by atoms with Crippen molar-refractivity contribution < 1.29 is 4.79 Å². The number of amides is 1. The van der Waals surface area contributed by atoms with Crippen LogP contribution >= 0.6 is 0 Å². The van der Waals surface area contributed by atoms with Crippen molar-refractivity contribution in [3.05, 3.63) is 10.4 Å². The van der Waals surface area contributed by atoms with E-state index < -0.39 is 11.4 Å². The molecular formula is C4H6N4O. The average molecular weight is 126 g/mol. The molecule has 0 bridgehead atoms. The fourth-order valence-electron chi connectivity index (χ4n) is 0.600. The summed E-state index contributed by atoms with van der Waals surface area (Å²) < 4.78 is 0. The van der Waals surface area contributed by atoms with Crippen LogP contribution in [0.3, 0.4) is 0 Å². The van der Waals surface area contributed by atoms with E-state index >= 15 is 0 Å². The molecule has 1 saturated carbocycles. The molecule has 48 valence electrons. The third-order valence-corrected chi connectivity index (χ3v) is 1.42. The van der Waals surface area contributed by atoms with Crippen LogP contribution in [0, 0.1) is 0 Å². The number of rotatable bonds is 2. The Kier molecular flexibility index (Phi) is 1.07. The molecule has 1 rings (SSSR count). The first-order chi connectivity index (χ1) is 4.21. The van der Waals surface area contributed by atoms with Gasteiger partial charge in [0.2, 0.25) is 5.91 Å². The molecule has 0 aromatic heterocycles. The zero-order chi connectivity index (χ0) is 6.91. The van der Waals surface area contributed by atoms with Crippen LogP contribution in [0.4, 0.5) is 0 Å². The Morgan fingerprint density at radius 2 is 2.33 bits per heavy atom. The highest BCUT2D eigenvalue weighted by Gasteiger charge is 2.47. The van der Waals surface area contributed by atoms with E-state index in [-0.39, 0.29) is 0 Å². The number of azide groups is 1. The molecule has 1 fully saturated rings. The highest BCUT2D eigenvalue weighted by molar-refractivity contribution is 5.87. The lowest BCUT2D eigenvalue weighted by Gasteiger charge is -1.96. The number of primary amides is 1. The molecule has 1 aliphatic carbocycles. The van der Waals surface area contributed by atoms with Crippen LogP contribution in [0.15, 0.2) is 5.11 Å². The maximum absolute atomic E-state index is 10.4. The van der Waals surface area contributed by atoms with Gasteiger partial charge in [0, 0.05) is 4.91 Å². The van der Waals surface area contributed by atoms with Gasteiger partial charge in [-0.15, -0.1) is 0 Å². The Morgan fingerprint density at radius 3 is 2.44 bits per heavy atom. The van der Waals surface area contributed by atoms with Crippen molar-refractivity contribution in [2.45, 2.75) is 18.4 Å². The molecule has 2 N–H and O–H groups in total. The van der Waals surface area contributed by atoms with Crippen molar-refractivity contribution in [1.29, 1.82) is 0 Å². The van der Waals surface area contributed by atoms with Gasteiger partial charge in [0.05, 0.1) is 0 Å². The molecule has 1 amide bonds. The summed E-state index contributed by atoms with van der Waals surface area (Å²) in [6.07, 6.45) is 1.21. The Hall–Kier alpha value is -1.22. The van der Waals surface area contributed by atoms with Crippen LogP contribution in [0.5, 0.6) is 0 Å². The van der Waals surface area contributed by atoms with Gasteiger partial charge in [-0.25, -0.2) is 0 Å². The van der Waals surface area contributed by atoms with Crippen molar-refractivity contribution >= 4 is 5.91 Å². The van der Waals surface area contributed by atoms with Crippen molar-refractivity contribution in [1.82, 2.24) is 0 Å². The molecule has 9 heavy (non-hydrogen) atoms. The molecule has 0 spiro atoms. The fourth-order valence-corrected chi connectivity index (χ4v) is 0.600. The van der Waals surface area contributed by atoms with Crippen molar-refractivity contribution in [2.24, 2.45) is 10.8 Å². The third-order valence-electron chi connectivity index (χ3n) is 1.42. The molecule has 1 aliphatic rings. The van der Waals surface area contributed by atoms with Crippen LogP contribution in [0.1, 0.15) is 12.8 Å². The summed E-state index contributed by atoms with van der Waals surface area (Å²) in [6.45, 7) is 0. The molecule has 5 nitrogen and oxygen atoms in total. The highest BCUT2D eigenvalue weighted by Crippen LogP contribution is 2.39. The van der Waals surface area contributed by atoms with E-state index in [2.05, 4.69) is 10.0 Å². The van der Waals surface area contributed by atoms with Gasteiger partial charge in [-0.2, -0.15) is 0 Å². The summed E-state index contributed by atoms with van der Waals surface area (Å²) in [5.41, 5.74) is 12.0. The van der Waals surface area contributed by atoms with Gasteiger partial charge in [0.15, 0.2) is 0 Å². The molecule has 0 atom stereocenters. The highest BCUT2D eigenvalue weighted by atomic mass is 16.1. The topological polar surface area (TPSA) is 91.8 Å². The number of nitrogens with two attached hydrogens (primary N) is 1. The largest absolute Gasteiger partial charge is 0.369 e. The van der Waals surface area contributed by atoms with Gasteiger partial charge in [0.1, 0.15) is 5.54 Å². The lowest BCUT2D eigenvalue weighted by atomic mass is 10.3. The molecule has 0 aromatic rings. The van der Waals surface area contributed by atoms with Crippen molar-refractivity contribution in [3.8, 4) is 0 Å². The Morgan fingerprint density at radius 1 is 1.78 bits per heavy atom. The molecular weight excluding hydrogens is 120 g/mol. The normalized spacial score (nSPS) is 20.0.